The van der Waals surface area contributed by atoms with Gasteiger partial charge in [0.05, 0.1) is 0 Å². The van der Waals surface area contributed by atoms with Crippen LogP contribution in [0.2, 0.25) is 0 Å². The van der Waals surface area contributed by atoms with Crippen LogP contribution in [0.4, 0.5) is 10.5 Å². The Morgan fingerprint density at radius 2 is 1.96 bits per heavy atom. The van der Waals surface area contributed by atoms with Gasteiger partial charge in [-0.3, -0.25) is 14.5 Å². The third kappa shape index (κ3) is 2.92. The summed E-state index contributed by atoms with van der Waals surface area (Å²) < 4.78 is 0.812. The third-order valence-electron chi connectivity index (χ3n) is 5.16. The number of benzene rings is 2. The maximum Gasteiger partial charge on any atom is 0.325 e. The predicted octanol–water partition coefficient (Wildman–Crippen LogP) is 2.81. The van der Waals surface area contributed by atoms with Crippen LogP contribution < -0.4 is 10.2 Å². The normalized spacial score (nSPS) is 21.4. The summed E-state index contributed by atoms with van der Waals surface area (Å²) in [5, 5.41) is 2.73. The minimum Gasteiger partial charge on any atom is -0.319 e. The van der Waals surface area contributed by atoms with E-state index >= 15 is 0 Å². The molecule has 0 aliphatic carbocycles. The van der Waals surface area contributed by atoms with Gasteiger partial charge in [0.1, 0.15) is 12.1 Å². The summed E-state index contributed by atoms with van der Waals surface area (Å²) in [5.74, 6) is -0.687. The molecule has 27 heavy (non-hydrogen) atoms. The second-order valence-electron chi connectivity index (χ2n) is 6.88. The number of para-hydroxylation sites is 1. The van der Waals surface area contributed by atoms with E-state index in [1.54, 1.807) is 30.0 Å². The predicted molar refractivity (Wildman–Crippen MR) is 104 cm³/mol. The summed E-state index contributed by atoms with van der Waals surface area (Å²) >= 11 is 3.39. The summed E-state index contributed by atoms with van der Waals surface area (Å²) in [6.07, 6.45) is 0.776. The number of nitrogens with one attached hydrogen (secondary N) is 1. The van der Waals surface area contributed by atoms with Gasteiger partial charge >= 0.3 is 6.03 Å². The summed E-state index contributed by atoms with van der Waals surface area (Å²) in [4.78, 5) is 40.9. The van der Waals surface area contributed by atoms with Gasteiger partial charge in [-0.15, -0.1) is 0 Å². The van der Waals surface area contributed by atoms with E-state index in [1.807, 2.05) is 30.3 Å². The third-order valence-corrected chi connectivity index (χ3v) is 5.65. The van der Waals surface area contributed by atoms with Crippen molar-refractivity contribution in [3.8, 4) is 0 Å². The number of halogens is 1. The van der Waals surface area contributed by atoms with Crippen molar-refractivity contribution < 1.29 is 14.4 Å². The highest BCUT2D eigenvalue weighted by Gasteiger charge is 2.50. The zero-order chi connectivity index (χ0) is 19.2. The quantitative estimate of drug-likeness (QED) is 0.765. The number of fused-ring (bicyclic) bond motifs is 1. The molecule has 1 saturated heterocycles. The SMILES string of the molecule is C[C@@]1(c2cccc(Br)c2)NC(=O)N(CC(=O)N2CCc3ccccc32)C1=O. The Kier molecular flexibility index (Phi) is 4.26. The Morgan fingerprint density at radius 1 is 1.19 bits per heavy atom. The molecule has 4 rings (SSSR count). The van der Waals surface area contributed by atoms with Crippen molar-refractivity contribution in [1.82, 2.24) is 10.2 Å². The first-order chi connectivity index (χ1) is 12.9. The fourth-order valence-electron chi connectivity index (χ4n) is 3.65. The summed E-state index contributed by atoms with van der Waals surface area (Å²) in [6.45, 7) is 1.94. The molecule has 0 saturated carbocycles. The molecule has 2 aliphatic rings. The van der Waals surface area contributed by atoms with Gasteiger partial charge in [-0.05, 0) is 42.7 Å². The molecule has 4 amide bonds. The molecule has 0 spiro atoms. The van der Waals surface area contributed by atoms with Gasteiger partial charge in [0.25, 0.3) is 5.91 Å². The van der Waals surface area contributed by atoms with Crippen LogP contribution in [-0.2, 0) is 21.5 Å². The molecule has 0 radical (unpaired) electrons. The molecule has 2 aliphatic heterocycles. The second-order valence-corrected chi connectivity index (χ2v) is 7.80. The number of nitrogens with zero attached hydrogens (tertiary/aromatic N) is 2. The van der Waals surface area contributed by atoms with Gasteiger partial charge < -0.3 is 10.2 Å². The topological polar surface area (TPSA) is 69.7 Å². The number of urea groups is 1. The molecule has 0 aromatic heterocycles. The molecule has 2 aromatic rings. The van der Waals surface area contributed by atoms with Crippen LogP contribution >= 0.6 is 15.9 Å². The van der Waals surface area contributed by atoms with E-state index in [0.717, 1.165) is 27.0 Å². The van der Waals surface area contributed by atoms with Crippen molar-refractivity contribution in [2.24, 2.45) is 0 Å². The summed E-state index contributed by atoms with van der Waals surface area (Å²) in [5.41, 5.74) is 1.42. The van der Waals surface area contributed by atoms with Crippen LogP contribution in [0.1, 0.15) is 18.1 Å². The lowest BCUT2D eigenvalue weighted by atomic mass is 9.92. The fraction of sp³-hybridized carbons (Fsp3) is 0.250. The molecular formula is C20H18BrN3O3. The largest absolute Gasteiger partial charge is 0.325 e. The molecule has 2 heterocycles. The van der Waals surface area contributed by atoms with E-state index in [1.165, 1.54) is 0 Å². The van der Waals surface area contributed by atoms with Crippen LogP contribution in [0.25, 0.3) is 0 Å². The summed E-state index contributed by atoms with van der Waals surface area (Å²) in [6, 6.07) is 14.4. The van der Waals surface area contributed by atoms with E-state index in [2.05, 4.69) is 21.2 Å². The van der Waals surface area contributed by atoms with Crippen LogP contribution in [0.5, 0.6) is 0 Å². The number of amides is 4. The fourth-order valence-corrected chi connectivity index (χ4v) is 4.05. The lowest BCUT2D eigenvalue weighted by Gasteiger charge is -2.23. The number of imide groups is 1. The Bertz CT molecular complexity index is 961. The highest BCUT2D eigenvalue weighted by molar-refractivity contribution is 9.10. The van der Waals surface area contributed by atoms with Gasteiger partial charge in [-0.25, -0.2) is 4.79 Å². The van der Waals surface area contributed by atoms with Gasteiger partial charge in [-0.2, -0.15) is 0 Å². The maximum absolute atomic E-state index is 13.0. The number of hydrogen-bond acceptors (Lipinski definition) is 3. The van der Waals surface area contributed by atoms with Crippen molar-refractivity contribution in [1.29, 1.82) is 0 Å². The lowest BCUT2D eigenvalue weighted by Crippen LogP contribution is -2.44. The molecule has 0 bridgehead atoms. The molecule has 1 fully saturated rings. The average molecular weight is 428 g/mol. The van der Waals surface area contributed by atoms with Crippen LogP contribution in [0, 0.1) is 0 Å². The first kappa shape index (κ1) is 17.7. The average Bonchev–Trinajstić information content (AvgIpc) is 3.17. The molecule has 1 N–H and O–H groups in total. The number of carbonyl (C=O) groups is 3. The number of hydrogen-bond donors (Lipinski definition) is 1. The molecule has 6 nitrogen and oxygen atoms in total. The van der Waals surface area contributed by atoms with Crippen molar-refractivity contribution in [3.63, 3.8) is 0 Å². The van der Waals surface area contributed by atoms with E-state index in [-0.39, 0.29) is 12.5 Å². The smallest absolute Gasteiger partial charge is 0.319 e. The number of anilines is 1. The molecule has 138 valence electrons. The zero-order valence-electron chi connectivity index (χ0n) is 14.7. The Labute approximate surface area is 165 Å². The summed E-state index contributed by atoms with van der Waals surface area (Å²) in [7, 11) is 0. The first-order valence-corrected chi connectivity index (χ1v) is 9.48. The Morgan fingerprint density at radius 3 is 2.74 bits per heavy atom. The highest BCUT2D eigenvalue weighted by Crippen LogP contribution is 2.31. The van der Waals surface area contributed by atoms with Crippen molar-refractivity contribution in [2.45, 2.75) is 18.9 Å². The van der Waals surface area contributed by atoms with E-state index in [0.29, 0.717) is 12.1 Å². The Hall–Kier alpha value is -2.67. The molecule has 0 unspecified atom stereocenters. The van der Waals surface area contributed by atoms with Crippen LogP contribution in [-0.4, -0.2) is 35.8 Å². The number of rotatable bonds is 3. The van der Waals surface area contributed by atoms with Crippen LogP contribution in [0.3, 0.4) is 0 Å². The zero-order valence-corrected chi connectivity index (χ0v) is 16.3. The molecular weight excluding hydrogens is 410 g/mol. The minimum absolute atomic E-state index is 0.262. The van der Waals surface area contributed by atoms with E-state index in [9.17, 15) is 14.4 Å². The minimum atomic E-state index is -1.19. The second kappa shape index (κ2) is 6.49. The van der Waals surface area contributed by atoms with E-state index < -0.39 is 17.5 Å². The van der Waals surface area contributed by atoms with Crippen molar-refractivity contribution in [2.75, 3.05) is 18.0 Å². The van der Waals surface area contributed by atoms with Crippen molar-refractivity contribution >= 4 is 39.5 Å². The number of carbonyl (C=O) groups excluding carboxylic acids is 3. The van der Waals surface area contributed by atoms with Gasteiger partial charge in [-0.1, -0.05) is 46.3 Å². The Balaban J connectivity index is 1.56. The van der Waals surface area contributed by atoms with E-state index in [4.69, 9.17) is 0 Å². The standard InChI is InChI=1S/C20H18BrN3O3/c1-20(14-6-4-7-15(21)11-14)18(26)24(19(27)22-20)12-17(25)23-10-9-13-5-2-3-8-16(13)23/h2-8,11H,9-10,12H2,1H3,(H,22,27)/t20-/m0/s1. The van der Waals surface area contributed by atoms with Gasteiger partial charge in [0, 0.05) is 16.7 Å². The first-order valence-electron chi connectivity index (χ1n) is 8.68. The van der Waals surface area contributed by atoms with Crippen LogP contribution in [0.15, 0.2) is 53.0 Å². The van der Waals surface area contributed by atoms with Gasteiger partial charge in [0.2, 0.25) is 5.91 Å². The molecule has 1 atom stereocenters. The van der Waals surface area contributed by atoms with Gasteiger partial charge in [0.15, 0.2) is 0 Å². The lowest BCUT2D eigenvalue weighted by molar-refractivity contribution is -0.134. The molecule has 2 aromatic carbocycles. The monoisotopic (exact) mass is 427 g/mol. The highest BCUT2D eigenvalue weighted by atomic mass is 79.9. The van der Waals surface area contributed by atoms with Crippen molar-refractivity contribution in [3.05, 3.63) is 64.1 Å². The molecule has 7 heteroatoms. The maximum atomic E-state index is 13.0.